The molecule has 0 saturated carbocycles. The number of ether oxygens (including phenoxy) is 1. The maximum atomic E-state index is 11.9. The van der Waals surface area contributed by atoms with Gasteiger partial charge in [-0.1, -0.05) is 6.07 Å². The highest BCUT2D eigenvalue weighted by molar-refractivity contribution is 7.09. The molecule has 0 fully saturated rings. The van der Waals surface area contributed by atoms with Crippen molar-refractivity contribution in [2.75, 3.05) is 6.61 Å². The Kier molecular flexibility index (Phi) is 4.96. The molecule has 1 heterocycles. The zero-order chi connectivity index (χ0) is 15.4. The smallest absolute Gasteiger partial charge is 0.258 e. The predicted octanol–water partition coefficient (Wildman–Crippen LogP) is 3.32. The van der Waals surface area contributed by atoms with Crippen molar-refractivity contribution in [1.82, 2.24) is 10.3 Å². The summed E-state index contributed by atoms with van der Waals surface area (Å²) in [5.74, 6) is 0.576. The van der Waals surface area contributed by atoms with Gasteiger partial charge < -0.3 is 10.1 Å². The molecule has 4 nitrogen and oxygen atoms in total. The van der Waals surface area contributed by atoms with Crippen LogP contribution >= 0.6 is 11.3 Å². The molecule has 2 aromatic rings. The third kappa shape index (κ3) is 4.56. The standard InChI is InChI=1S/C16H20N2O2S/c1-10-5-11(2)7-14(6-10)20-8-16(19)17-12(3)15-9-21-13(4)18-15/h5-7,9,12H,8H2,1-4H3,(H,17,19). The highest BCUT2D eigenvalue weighted by atomic mass is 32.1. The van der Waals surface area contributed by atoms with E-state index in [0.29, 0.717) is 0 Å². The minimum Gasteiger partial charge on any atom is -0.484 e. The average Bonchev–Trinajstić information content (AvgIpc) is 2.82. The van der Waals surface area contributed by atoms with E-state index in [9.17, 15) is 4.79 Å². The van der Waals surface area contributed by atoms with E-state index >= 15 is 0 Å². The molecule has 112 valence electrons. The van der Waals surface area contributed by atoms with E-state index in [2.05, 4.69) is 16.4 Å². The lowest BCUT2D eigenvalue weighted by Gasteiger charge is -2.13. The Balaban J connectivity index is 1.87. The first-order valence-electron chi connectivity index (χ1n) is 6.86. The summed E-state index contributed by atoms with van der Waals surface area (Å²) in [6.45, 7) is 7.89. The van der Waals surface area contributed by atoms with Crippen LogP contribution < -0.4 is 10.1 Å². The van der Waals surface area contributed by atoms with Crippen molar-refractivity contribution in [3.05, 3.63) is 45.4 Å². The molecule has 0 aliphatic heterocycles. The fraction of sp³-hybridized carbons (Fsp3) is 0.375. The van der Waals surface area contributed by atoms with Crippen LogP contribution in [-0.2, 0) is 4.79 Å². The Morgan fingerprint density at radius 3 is 2.52 bits per heavy atom. The van der Waals surface area contributed by atoms with Gasteiger partial charge in [0.05, 0.1) is 16.7 Å². The van der Waals surface area contributed by atoms with E-state index in [1.54, 1.807) is 11.3 Å². The lowest BCUT2D eigenvalue weighted by Crippen LogP contribution is -2.31. The summed E-state index contributed by atoms with van der Waals surface area (Å²) < 4.78 is 5.54. The van der Waals surface area contributed by atoms with Crippen molar-refractivity contribution in [3.63, 3.8) is 0 Å². The molecule has 0 aliphatic carbocycles. The number of benzene rings is 1. The number of hydrogen-bond acceptors (Lipinski definition) is 4. The van der Waals surface area contributed by atoms with E-state index in [1.807, 2.05) is 45.2 Å². The highest BCUT2D eigenvalue weighted by Crippen LogP contribution is 2.17. The number of carbonyl (C=O) groups is 1. The van der Waals surface area contributed by atoms with Crippen molar-refractivity contribution >= 4 is 17.2 Å². The van der Waals surface area contributed by atoms with Gasteiger partial charge in [0.15, 0.2) is 6.61 Å². The van der Waals surface area contributed by atoms with Gasteiger partial charge in [0.25, 0.3) is 5.91 Å². The van der Waals surface area contributed by atoms with E-state index in [-0.39, 0.29) is 18.6 Å². The van der Waals surface area contributed by atoms with Crippen molar-refractivity contribution in [1.29, 1.82) is 0 Å². The second kappa shape index (κ2) is 6.72. The van der Waals surface area contributed by atoms with Gasteiger partial charge in [-0.3, -0.25) is 4.79 Å². The summed E-state index contributed by atoms with van der Waals surface area (Å²) in [6.07, 6.45) is 0. The van der Waals surface area contributed by atoms with Crippen molar-refractivity contribution in [2.24, 2.45) is 0 Å². The number of nitrogens with one attached hydrogen (secondary N) is 1. The van der Waals surface area contributed by atoms with Crippen LogP contribution in [-0.4, -0.2) is 17.5 Å². The summed E-state index contributed by atoms with van der Waals surface area (Å²) in [4.78, 5) is 16.3. The van der Waals surface area contributed by atoms with Gasteiger partial charge >= 0.3 is 0 Å². The van der Waals surface area contributed by atoms with Crippen LogP contribution in [0.4, 0.5) is 0 Å². The predicted molar refractivity (Wildman–Crippen MR) is 84.8 cm³/mol. The summed E-state index contributed by atoms with van der Waals surface area (Å²) in [7, 11) is 0. The zero-order valence-electron chi connectivity index (χ0n) is 12.8. The molecule has 5 heteroatoms. The second-order valence-corrected chi connectivity index (χ2v) is 6.25. The Morgan fingerprint density at radius 2 is 1.95 bits per heavy atom. The van der Waals surface area contributed by atoms with Crippen molar-refractivity contribution in [2.45, 2.75) is 33.7 Å². The Hall–Kier alpha value is -1.88. The quantitative estimate of drug-likeness (QED) is 0.922. The minimum atomic E-state index is -0.146. The monoisotopic (exact) mass is 304 g/mol. The van der Waals surface area contributed by atoms with E-state index < -0.39 is 0 Å². The number of rotatable bonds is 5. The van der Waals surface area contributed by atoms with Crippen LogP contribution in [0.2, 0.25) is 0 Å². The number of hydrogen-bond donors (Lipinski definition) is 1. The lowest BCUT2D eigenvalue weighted by atomic mass is 10.1. The number of nitrogens with zero attached hydrogens (tertiary/aromatic N) is 1. The maximum absolute atomic E-state index is 11.9. The fourth-order valence-corrected chi connectivity index (χ4v) is 2.81. The van der Waals surface area contributed by atoms with Crippen molar-refractivity contribution < 1.29 is 9.53 Å². The molecule has 0 saturated heterocycles. The zero-order valence-corrected chi connectivity index (χ0v) is 13.6. The molecule has 0 spiro atoms. The van der Waals surface area contributed by atoms with Crippen LogP contribution in [0.3, 0.4) is 0 Å². The van der Waals surface area contributed by atoms with Gasteiger partial charge in [0.1, 0.15) is 5.75 Å². The molecular formula is C16H20N2O2S. The third-order valence-electron chi connectivity index (χ3n) is 3.02. The van der Waals surface area contributed by atoms with Crippen LogP contribution in [0.15, 0.2) is 23.6 Å². The lowest BCUT2D eigenvalue weighted by molar-refractivity contribution is -0.123. The molecule has 1 unspecified atom stereocenters. The molecule has 1 N–H and O–H groups in total. The molecule has 1 atom stereocenters. The first-order chi connectivity index (χ1) is 9.94. The molecule has 21 heavy (non-hydrogen) atoms. The Morgan fingerprint density at radius 1 is 1.29 bits per heavy atom. The van der Waals surface area contributed by atoms with Crippen LogP contribution in [0.5, 0.6) is 5.75 Å². The number of aryl methyl sites for hydroxylation is 3. The summed E-state index contributed by atoms with van der Waals surface area (Å²) in [6, 6.07) is 5.81. The number of aromatic nitrogens is 1. The van der Waals surface area contributed by atoms with Gasteiger partial charge in [-0.05, 0) is 51.0 Å². The van der Waals surface area contributed by atoms with Gasteiger partial charge in [-0.15, -0.1) is 11.3 Å². The molecule has 2 rings (SSSR count). The Bertz CT molecular complexity index is 617. The van der Waals surface area contributed by atoms with Crippen molar-refractivity contribution in [3.8, 4) is 5.75 Å². The van der Waals surface area contributed by atoms with Gasteiger partial charge in [0.2, 0.25) is 0 Å². The van der Waals surface area contributed by atoms with Gasteiger partial charge in [-0.2, -0.15) is 0 Å². The normalized spacial score (nSPS) is 12.0. The topological polar surface area (TPSA) is 51.2 Å². The molecule has 0 radical (unpaired) electrons. The molecule has 1 aromatic heterocycles. The SMILES string of the molecule is Cc1cc(C)cc(OCC(=O)NC(C)c2csc(C)n2)c1. The fourth-order valence-electron chi connectivity index (χ4n) is 2.10. The van der Waals surface area contributed by atoms with E-state index in [0.717, 1.165) is 27.6 Å². The highest BCUT2D eigenvalue weighted by Gasteiger charge is 2.12. The van der Waals surface area contributed by atoms with E-state index in [1.165, 1.54) is 0 Å². The Labute approximate surface area is 129 Å². The van der Waals surface area contributed by atoms with Crippen LogP contribution in [0, 0.1) is 20.8 Å². The van der Waals surface area contributed by atoms with E-state index in [4.69, 9.17) is 4.74 Å². The molecule has 1 amide bonds. The number of carbonyl (C=O) groups excluding carboxylic acids is 1. The minimum absolute atomic E-state index is 0.0103. The second-order valence-electron chi connectivity index (χ2n) is 5.19. The van der Waals surface area contributed by atoms with Gasteiger partial charge in [-0.25, -0.2) is 4.98 Å². The largest absolute Gasteiger partial charge is 0.484 e. The third-order valence-corrected chi connectivity index (χ3v) is 3.81. The summed E-state index contributed by atoms with van der Waals surface area (Å²) in [5.41, 5.74) is 3.13. The first kappa shape index (κ1) is 15.5. The first-order valence-corrected chi connectivity index (χ1v) is 7.74. The molecule has 0 bridgehead atoms. The van der Waals surface area contributed by atoms with Crippen LogP contribution in [0.1, 0.15) is 34.8 Å². The maximum Gasteiger partial charge on any atom is 0.258 e. The van der Waals surface area contributed by atoms with Crippen LogP contribution in [0.25, 0.3) is 0 Å². The molecular weight excluding hydrogens is 284 g/mol. The number of amides is 1. The average molecular weight is 304 g/mol. The molecule has 1 aromatic carbocycles. The number of thiazole rings is 1. The van der Waals surface area contributed by atoms with Gasteiger partial charge in [0, 0.05) is 5.38 Å². The summed E-state index contributed by atoms with van der Waals surface area (Å²) in [5, 5.41) is 5.85. The molecule has 0 aliphatic rings. The summed E-state index contributed by atoms with van der Waals surface area (Å²) >= 11 is 1.58.